The molecule has 1 unspecified atom stereocenters. The fourth-order valence-corrected chi connectivity index (χ4v) is 3.04. The number of ether oxygens (including phenoxy) is 1. The summed E-state index contributed by atoms with van der Waals surface area (Å²) in [7, 11) is 0. The van der Waals surface area contributed by atoms with Gasteiger partial charge in [0.1, 0.15) is 0 Å². The van der Waals surface area contributed by atoms with Crippen molar-refractivity contribution >= 4 is 5.91 Å². The van der Waals surface area contributed by atoms with Crippen LogP contribution in [0.25, 0.3) is 0 Å². The predicted octanol–water partition coefficient (Wildman–Crippen LogP) is 1.58. The summed E-state index contributed by atoms with van der Waals surface area (Å²) < 4.78 is 5.48. The highest BCUT2D eigenvalue weighted by Crippen LogP contribution is 2.19. The van der Waals surface area contributed by atoms with Crippen LogP contribution < -0.4 is 5.32 Å². The van der Waals surface area contributed by atoms with Crippen LogP contribution in [0.1, 0.15) is 34.8 Å². The number of hydrogen-bond donors (Lipinski definition) is 1. The van der Waals surface area contributed by atoms with Gasteiger partial charge < -0.3 is 15.0 Å². The highest BCUT2D eigenvalue weighted by Gasteiger charge is 2.27. The number of amides is 1. The lowest BCUT2D eigenvalue weighted by atomic mass is 9.97. The number of rotatable bonds is 2. The second-order valence-electron chi connectivity index (χ2n) is 5.55. The molecule has 0 radical (unpaired) electrons. The highest BCUT2D eigenvalue weighted by molar-refractivity contribution is 5.94. The number of hydrogen-bond acceptors (Lipinski definition) is 3. The van der Waals surface area contributed by atoms with Gasteiger partial charge in [-0.2, -0.15) is 0 Å². The Balaban J connectivity index is 1.82. The van der Waals surface area contributed by atoms with Gasteiger partial charge in [-0.05, 0) is 42.6 Å². The molecule has 0 bridgehead atoms. The number of carbonyl (C=O) groups is 1. The molecule has 2 aliphatic rings. The fraction of sp³-hybridized carbons (Fsp3) is 0.562. The molecule has 20 heavy (non-hydrogen) atoms. The first kappa shape index (κ1) is 13.6. The molecule has 1 aromatic carbocycles. The third-order valence-corrected chi connectivity index (χ3v) is 4.30. The standard InChI is InChI=1S/C16H22N2O2/c1-2-15-11-20-8-7-18(15)16(19)13-4-3-12-5-6-17-10-14(12)9-13/h3-4,9,15,17H,2,5-8,10-11H2,1H3. The molecule has 1 fully saturated rings. The van der Waals surface area contributed by atoms with Crippen molar-refractivity contribution < 1.29 is 9.53 Å². The van der Waals surface area contributed by atoms with Gasteiger partial charge in [-0.25, -0.2) is 0 Å². The van der Waals surface area contributed by atoms with E-state index < -0.39 is 0 Å². The second-order valence-corrected chi connectivity index (χ2v) is 5.55. The van der Waals surface area contributed by atoms with E-state index in [1.807, 2.05) is 11.0 Å². The van der Waals surface area contributed by atoms with Gasteiger partial charge >= 0.3 is 0 Å². The van der Waals surface area contributed by atoms with Crippen molar-refractivity contribution in [3.63, 3.8) is 0 Å². The lowest BCUT2D eigenvalue weighted by Crippen LogP contribution is -2.48. The van der Waals surface area contributed by atoms with Crippen molar-refractivity contribution in [3.05, 3.63) is 34.9 Å². The van der Waals surface area contributed by atoms with Crippen molar-refractivity contribution in [3.8, 4) is 0 Å². The van der Waals surface area contributed by atoms with Crippen LogP contribution in [0.2, 0.25) is 0 Å². The van der Waals surface area contributed by atoms with E-state index >= 15 is 0 Å². The van der Waals surface area contributed by atoms with Gasteiger partial charge in [0.2, 0.25) is 0 Å². The van der Waals surface area contributed by atoms with Crippen LogP contribution in [-0.4, -0.2) is 43.2 Å². The van der Waals surface area contributed by atoms with E-state index in [1.54, 1.807) is 0 Å². The van der Waals surface area contributed by atoms with E-state index in [1.165, 1.54) is 11.1 Å². The van der Waals surface area contributed by atoms with Crippen LogP contribution >= 0.6 is 0 Å². The quantitative estimate of drug-likeness (QED) is 0.890. The molecule has 1 saturated heterocycles. The third kappa shape index (κ3) is 2.58. The molecule has 0 saturated carbocycles. The minimum atomic E-state index is 0.147. The Morgan fingerprint density at radius 3 is 3.20 bits per heavy atom. The topological polar surface area (TPSA) is 41.6 Å². The maximum absolute atomic E-state index is 12.7. The molecule has 0 spiro atoms. The molecule has 2 heterocycles. The first-order valence-electron chi connectivity index (χ1n) is 7.51. The maximum atomic E-state index is 12.7. The summed E-state index contributed by atoms with van der Waals surface area (Å²) in [5, 5.41) is 3.36. The molecular formula is C16H22N2O2. The van der Waals surface area contributed by atoms with E-state index in [0.717, 1.165) is 31.5 Å². The van der Waals surface area contributed by atoms with Crippen molar-refractivity contribution in [2.24, 2.45) is 0 Å². The maximum Gasteiger partial charge on any atom is 0.254 e. The largest absolute Gasteiger partial charge is 0.377 e. The molecule has 0 aromatic heterocycles. The zero-order valence-electron chi connectivity index (χ0n) is 12.0. The van der Waals surface area contributed by atoms with Crippen LogP contribution in [-0.2, 0) is 17.7 Å². The Labute approximate surface area is 120 Å². The summed E-state index contributed by atoms with van der Waals surface area (Å²) in [6, 6.07) is 6.37. The molecular weight excluding hydrogens is 252 g/mol. The monoisotopic (exact) mass is 274 g/mol. The minimum absolute atomic E-state index is 0.147. The smallest absolute Gasteiger partial charge is 0.254 e. The molecule has 108 valence electrons. The predicted molar refractivity (Wildman–Crippen MR) is 77.8 cm³/mol. The van der Waals surface area contributed by atoms with Crippen molar-refractivity contribution in [2.75, 3.05) is 26.3 Å². The summed E-state index contributed by atoms with van der Waals surface area (Å²) in [6.07, 6.45) is 2.00. The number of carbonyl (C=O) groups excluding carboxylic acids is 1. The van der Waals surface area contributed by atoms with Crippen LogP contribution in [0.15, 0.2) is 18.2 Å². The minimum Gasteiger partial charge on any atom is -0.377 e. The molecule has 2 aliphatic heterocycles. The van der Waals surface area contributed by atoms with Crippen molar-refractivity contribution in [2.45, 2.75) is 32.4 Å². The Bertz CT molecular complexity index is 501. The van der Waals surface area contributed by atoms with Gasteiger partial charge in [-0.3, -0.25) is 4.79 Å². The number of fused-ring (bicyclic) bond motifs is 1. The number of morpholine rings is 1. The molecule has 1 amide bonds. The van der Waals surface area contributed by atoms with Crippen LogP contribution in [0.4, 0.5) is 0 Å². The SMILES string of the molecule is CCC1COCCN1C(=O)c1ccc2c(c1)CNCC2. The number of nitrogens with one attached hydrogen (secondary N) is 1. The lowest BCUT2D eigenvalue weighted by molar-refractivity contribution is -0.00280. The molecule has 3 rings (SSSR count). The summed E-state index contributed by atoms with van der Waals surface area (Å²) in [6.45, 7) is 6.02. The van der Waals surface area contributed by atoms with Gasteiger partial charge in [0.25, 0.3) is 5.91 Å². The van der Waals surface area contributed by atoms with Gasteiger partial charge in [-0.15, -0.1) is 0 Å². The summed E-state index contributed by atoms with van der Waals surface area (Å²) in [5.74, 6) is 0.147. The van der Waals surface area contributed by atoms with Crippen LogP contribution in [0, 0.1) is 0 Å². The molecule has 1 N–H and O–H groups in total. The molecule has 1 aromatic rings. The lowest BCUT2D eigenvalue weighted by Gasteiger charge is -2.35. The first-order chi connectivity index (χ1) is 9.79. The molecule has 1 atom stereocenters. The van der Waals surface area contributed by atoms with Crippen molar-refractivity contribution in [1.82, 2.24) is 10.2 Å². The number of nitrogens with zero attached hydrogens (tertiary/aromatic N) is 1. The van der Waals surface area contributed by atoms with E-state index in [4.69, 9.17) is 4.74 Å². The van der Waals surface area contributed by atoms with E-state index in [0.29, 0.717) is 19.8 Å². The highest BCUT2D eigenvalue weighted by atomic mass is 16.5. The van der Waals surface area contributed by atoms with E-state index in [9.17, 15) is 4.79 Å². The normalized spacial score (nSPS) is 22.4. The molecule has 4 nitrogen and oxygen atoms in total. The second kappa shape index (κ2) is 5.94. The van der Waals surface area contributed by atoms with Crippen LogP contribution in [0.5, 0.6) is 0 Å². The average molecular weight is 274 g/mol. The van der Waals surface area contributed by atoms with Crippen LogP contribution in [0.3, 0.4) is 0 Å². The zero-order valence-corrected chi connectivity index (χ0v) is 12.0. The summed E-state index contributed by atoms with van der Waals surface area (Å²) >= 11 is 0. The molecule has 0 aliphatic carbocycles. The van der Waals surface area contributed by atoms with E-state index in [2.05, 4.69) is 24.4 Å². The summed E-state index contributed by atoms with van der Waals surface area (Å²) in [4.78, 5) is 14.7. The number of benzene rings is 1. The Kier molecular flexibility index (Phi) is 4.03. The van der Waals surface area contributed by atoms with Gasteiger partial charge in [0.05, 0.1) is 19.3 Å². The van der Waals surface area contributed by atoms with E-state index in [-0.39, 0.29) is 11.9 Å². The average Bonchev–Trinajstić information content (AvgIpc) is 2.53. The molecule has 4 heteroatoms. The first-order valence-corrected chi connectivity index (χ1v) is 7.51. The Morgan fingerprint density at radius 2 is 2.35 bits per heavy atom. The van der Waals surface area contributed by atoms with Gasteiger partial charge in [0.15, 0.2) is 0 Å². The Morgan fingerprint density at radius 1 is 1.45 bits per heavy atom. The van der Waals surface area contributed by atoms with Gasteiger partial charge in [0, 0.05) is 18.7 Å². The summed E-state index contributed by atoms with van der Waals surface area (Å²) in [5.41, 5.74) is 3.45. The van der Waals surface area contributed by atoms with Crippen molar-refractivity contribution in [1.29, 1.82) is 0 Å². The zero-order chi connectivity index (χ0) is 13.9. The fourth-order valence-electron chi connectivity index (χ4n) is 3.04. The Hall–Kier alpha value is -1.39. The van der Waals surface area contributed by atoms with Gasteiger partial charge in [-0.1, -0.05) is 13.0 Å². The third-order valence-electron chi connectivity index (χ3n) is 4.30.